The molecule has 0 amide bonds. The highest BCUT2D eigenvalue weighted by molar-refractivity contribution is 7.09. The molecule has 0 saturated carbocycles. The van der Waals surface area contributed by atoms with Crippen molar-refractivity contribution in [3.63, 3.8) is 0 Å². The number of hydrogen-bond acceptors (Lipinski definition) is 4. The van der Waals surface area contributed by atoms with Crippen LogP contribution in [0.2, 0.25) is 0 Å². The lowest BCUT2D eigenvalue weighted by Crippen LogP contribution is -2.35. The third-order valence-electron chi connectivity index (χ3n) is 3.25. The summed E-state index contributed by atoms with van der Waals surface area (Å²) in [6.07, 6.45) is 3.67. The topological polar surface area (TPSA) is 29.0 Å². The lowest BCUT2D eigenvalue weighted by molar-refractivity contribution is 0.406. The predicted octanol–water partition coefficient (Wildman–Crippen LogP) is 3.51. The van der Waals surface area contributed by atoms with Crippen molar-refractivity contribution in [3.8, 4) is 0 Å². The molecule has 96 valence electrons. The Hall–Kier alpha value is -0.350. The van der Waals surface area contributed by atoms with E-state index in [0.717, 1.165) is 42.3 Å². The summed E-state index contributed by atoms with van der Waals surface area (Å²) in [5.41, 5.74) is 0. The van der Waals surface area contributed by atoms with Gasteiger partial charge in [0.15, 0.2) is 0 Å². The van der Waals surface area contributed by atoms with E-state index in [1.54, 1.807) is 0 Å². The maximum Gasteiger partial charge on any atom is 0.205 e. The molecular formula is C12H20ClN3S. The van der Waals surface area contributed by atoms with Gasteiger partial charge in [-0.25, -0.2) is 4.98 Å². The number of anilines is 1. The molecule has 0 radical (unpaired) electrons. The van der Waals surface area contributed by atoms with Gasteiger partial charge in [0.05, 0.1) is 0 Å². The second-order valence-electron chi connectivity index (χ2n) is 5.02. The third-order valence-corrected chi connectivity index (χ3v) is 4.26. The van der Waals surface area contributed by atoms with Crippen molar-refractivity contribution in [1.82, 2.24) is 9.36 Å². The molecule has 0 N–H and O–H groups in total. The Balaban J connectivity index is 2.00. The van der Waals surface area contributed by atoms with Crippen LogP contribution >= 0.6 is 23.1 Å². The summed E-state index contributed by atoms with van der Waals surface area (Å²) < 4.78 is 4.42. The fraction of sp³-hybridized carbons (Fsp3) is 0.833. The van der Waals surface area contributed by atoms with Gasteiger partial charge in [-0.3, -0.25) is 0 Å². The monoisotopic (exact) mass is 273 g/mol. The standard InChI is InChI=1S/C12H20ClN3S/c1-9(2)11-14-12(17-15-11)16-7-3-4-10(8-16)5-6-13/h9-10H,3-8H2,1-2H3. The summed E-state index contributed by atoms with van der Waals surface area (Å²) in [6, 6.07) is 0. The molecule has 1 aromatic heterocycles. The van der Waals surface area contributed by atoms with E-state index in [9.17, 15) is 0 Å². The van der Waals surface area contributed by atoms with Gasteiger partial charge in [0.2, 0.25) is 5.13 Å². The fourth-order valence-corrected chi connectivity index (χ4v) is 3.37. The van der Waals surface area contributed by atoms with Gasteiger partial charge < -0.3 is 4.90 Å². The Morgan fingerprint density at radius 2 is 2.35 bits per heavy atom. The molecule has 1 unspecified atom stereocenters. The van der Waals surface area contributed by atoms with Crippen LogP contribution in [0.1, 0.15) is 44.9 Å². The normalized spacial score (nSPS) is 21.2. The number of alkyl halides is 1. The van der Waals surface area contributed by atoms with Crippen molar-refractivity contribution in [2.24, 2.45) is 5.92 Å². The molecule has 0 spiro atoms. The number of halogens is 1. The van der Waals surface area contributed by atoms with Crippen LogP contribution in [0.25, 0.3) is 0 Å². The van der Waals surface area contributed by atoms with Crippen LogP contribution in [-0.2, 0) is 0 Å². The van der Waals surface area contributed by atoms with Gasteiger partial charge in [-0.2, -0.15) is 4.37 Å². The van der Waals surface area contributed by atoms with Gasteiger partial charge in [0.1, 0.15) is 5.82 Å². The molecule has 1 atom stereocenters. The van der Waals surface area contributed by atoms with Crippen LogP contribution in [0.4, 0.5) is 5.13 Å². The highest BCUT2D eigenvalue weighted by Gasteiger charge is 2.22. The second-order valence-corrected chi connectivity index (χ2v) is 6.13. The van der Waals surface area contributed by atoms with Gasteiger partial charge in [-0.05, 0) is 25.2 Å². The number of piperidine rings is 1. The lowest BCUT2D eigenvalue weighted by atomic mass is 9.96. The average molecular weight is 274 g/mol. The van der Waals surface area contributed by atoms with E-state index in [-0.39, 0.29) is 0 Å². The van der Waals surface area contributed by atoms with Crippen molar-refractivity contribution in [3.05, 3.63) is 5.82 Å². The zero-order valence-corrected chi connectivity index (χ0v) is 12.1. The Kier molecular flexibility index (Phi) is 4.62. The summed E-state index contributed by atoms with van der Waals surface area (Å²) >= 11 is 7.37. The molecule has 17 heavy (non-hydrogen) atoms. The Labute approximate surface area is 112 Å². The van der Waals surface area contributed by atoms with Crippen LogP contribution in [-0.4, -0.2) is 28.3 Å². The van der Waals surface area contributed by atoms with Gasteiger partial charge in [0.25, 0.3) is 0 Å². The molecule has 1 saturated heterocycles. The molecule has 1 aromatic rings. The van der Waals surface area contributed by atoms with Crippen LogP contribution in [0.15, 0.2) is 0 Å². The minimum atomic E-state index is 0.420. The van der Waals surface area contributed by atoms with Gasteiger partial charge >= 0.3 is 0 Å². The van der Waals surface area contributed by atoms with Crippen LogP contribution in [0.3, 0.4) is 0 Å². The van der Waals surface area contributed by atoms with E-state index in [4.69, 9.17) is 11.6 Å². The first-order valence-corrected chi connectivity index (χ1v) is 7.66. The Morgan fingerprint density at radius 3 is 3.00 bits per heavy atom. The van der Waals surface area contributed by atoms with Gasteiger partial charge in [0, 0.05) is 36.4 Å². The smallest absolute Gasteiger partial charge is 0.205 e. The first-order valence-electron chi connectivity index (χ1n) is 6.35. The van der Waals surface area contributed by atoms with Crippen molar-refractivity contribution < 1.29 is 0 Å². The van der Waals surface area contributed by atoms with Gasteiger partial charge in [-0.1, -0.05) is 13.8 Å². The molecular weight excluding hydrogens is 254 g/mol. The summed E-state index contributed by atoms with van der Waals surface area (Å²) in [5.74, 6) is 2.90. The van der Waals surface area contributed by atoms with Crippen molar-refractivity contribution >= 4 is 28.3 Å². The molecule has 1 aliphatic rings. The lowest BCUT2D eigenvalue weighted by Gasteiger charge is -2.31. The van der Waals surface area contributed by atoms with Crippen molar-refractivity contribution in [1.29, 1.82) is 0 Å². The molecule has 0 aromatic carbocycles. The first-order chi connectivity index (χ1) is 8.20. The van der Waals surface area contributed by atoms with Crippen molar-refractivity contribution in [2.75, 3.05) is 23.9 Å². The van der Waals surface area contributed by atoms with E-state index in [0.29, 0.717) is 5.92 Å². The molecule has 1 aliphatic heterocycles. The molecule has 0 bridgehead atoms. The maximum absolute atomic E-state index is 5.83. The van der Waals surface area contributed by atoms with Crippen molar-refractivity contribution in [2.45, 2.75) is 39.0 Å². The van der Waals surface area contributed by atoms with E-state index >= 15 is 0 Å². The number of rotatable bonds is 4. The minimum absolute atomic E-state index is 0.420. The highest BCUT2D eigenvalue weighted by Crippen LogP contribution is 2.27. The molecule has 2 heterocycles. The van der Waals surface area contributed by atoms with Crippen LogP contribution < -0.4 is 4.90 Å². The molecule has 3 nitrogen and oxygen atoms in total. The summed E-state index contributed by atoms with van der Waals surface area (Å²) in [6.45, 7) is 6.49. The predicted molar refractivity (Wildman–Crippen MR) is 74.3 cm³/mol. The van der Waals surface area contributed by atoms with E-state index < -0.39 is 0 Å². The fourth-order valence-electron chi connectivity index (χ4n) is 2.22. The summed E-state index contributed by atoms with van der Waals surface area (Å²) in [5, 5.41) is 1.09. The minimum Gasteiger partial charge on any atom is -0.347 e. The zero-order chi connectivity index (χ0) is 12.3. The second kappa shape index (κ2) is 6.01. The number of hydrogen-bond donors (Lipinski definition) is 0. The first kappa shape index (κ1) is 13.1. The summed E-state index contributed by atoms with van der Waals surface area (Å²) in [4.78, 5) is 7.01. The number of nitrogens with zero attached hydrogens (tertiary/aromatic N) is 3. The molecule has 2 rings (SSSR count). The quantitative estimate of drug-likeness (QED) is 0.786. The van der Waals surface area contributed by atoms with E-state index in [1.807, 2.05) is 0 Å². The van der Waals surface area contributed by atoms with E-state index in [1.165, 1.54) is 24.4 Å². The third kappa shape index (κ3) is 3.32. The number of aromatic nitrogens is 2. The molecule has 0 aliphatic carbocycles. The molecule has 1 fully saturated rings. The van der Waals surface area contributed by atoms with Crippen LogP contribution in [0.5, 0.6) is 0 Å². The zero-order valence-electron chi connectivity index (χ0n) is 10.5. The average Bonchev–Trinajstić information content (AvgIpc) is 2.79. The largest absolute Gasteiger partial charge is 0.347 e. The van der Waals surface area contributed by atoms with Gasteiger partial charge in [-0.15, -0.1) is 11.6 Å². The maximum atomic E-state index is 5.83. The van der Waals surface area contributed by atoms with E-state index in [2.05, 4.69) is 28.1 Å². The Bertz CT molecular complexity index is 351. The molecule has 5 heteroatoms. The Morgan fingerprint density at radius 1 is 1.53 bits per heavy atom. The summed E-state index contributed by atoms with van der Waals surface area (Å²) in [7, 11) is 0. The highest BCUT2D eigenvalue weighted by atomic mass is 35.5. The SMILES string of the molecule is CC(C)c1nsc(N2CCCC(CCCl)C2)n1. The van der Waals surface area contributed by atoms with Crippen LogP contribution in [0, 0.1) is 5.92 Å².